The molecule has 1 amide bonds. The number of carbonyl (C=O) groups excluding carboxylic acids is 1. The van der Waals surface area contributed by atoms with Crippen LogP contribution >= 0.6 is 11.6 Å². The third kappa shape index (κ3) is 2.53. The SMILES string of the molecule is CC1=NN(c2ccc(Cl)cc2)C(=O)C1=Cc1ccc2c(c1)OCO2. The van der Waals surface area contributed by atoms with Crippen molar-refractivity contribution in [1.29, 1.82) is 0 Å². The van der Waals surface area contributed by atoms with Crippen molar-refractivity contribution >= 4 is 35.0 Å². The second kappa shape index (κ2) is 5.69. The number of halogens is 1. The monoisotopic (exact) mass is 340 g/mol. The summed E-state index contributed by atoms with van der Waals surface area (Å²) < 4.78 is 10.7. The van der Waals surface area contributed by atoms with Gasteiger partial charge in [-0.2, -0.15) is 10.1 Å². The zero-order valence-corrected chi connectivity index (χ0v) is 13.6. The summed E-state index contributed by atoms with van der Waals surface area (Å²) in [5.74, 6) is 1.22. The Hall–Kier alpha value is -2.79. The standard InChI is InChI=1S/C18H13ClN2O3/c1-11-15(8-12-2-7-16-17(9-12)24-10-23-16)18(22)21(20-11)14-5-3-13(19)4-6-14/h2-9H,10H2,1H3. The van der Waals surface area contributed by atoms with Crippen LogP contribution in [0.1, 0.15) is 12.5 Å². The fourth-order valence-electron chi connectivity index (χ4n) is 2.61. The number of nitrogens with zero attached hydrogens (tertiary/aromatic N) is 2. The highest BCUT2D eigenvalue weighted by Crippen LogP contribution is 2.34. The van der Waals surface area contributed by atoms with Gasteiger partial charge in [0.2, 0.25) is 6.79 Å². The van der Waals surface area contributed by atoms with E-state index in [0.29, 0.717) is 33.5 Å². The van der Waals surface area contributed by atoms with Gasteiger partial charge in [0.25, 0.3) is 5.91 Å². The second-order valence-electron chi connectivity index (χ2n) is 5.45. The van der Waals surface area contributed by atoms with Crippen molar-refractivity contribution < 1.29 is 14.3 Å². The van der Waals surface area contributed by atoms with Crippen LogP contribution in [0.4, 0.5) is 5.69 Å². The first-order valence-electron chi connectivity index (χ1n) is 7.39. The summed E-state index contributed by atoms with van der Waals surface area (Å²) in [4.78, 5) is 12.7. The van der Waals surface area contributed by atoms with Gasteiger partial charge in [-0.05, 0) is 55.0 Å². The molecule has 0 aromatic heterocycles. The Bertz CT molecular complexity index is 888. The molecule has 24 heavy (non-hydrogen) atoms. The van der Waals surface area contributed by atoms with E-state index in [1.165, 1.54) is 5.01 Å². The topological polar surface area (TPSA) is 51.1 Å². The molecule has 0 saturated carbocycles. The predicted molar refractivity (Wildman–Crippen MR) is 92.6 cm³/mol. The van der Waals surface area contributed by atoms with E-state index in [-0.39, 0.29) is 12.7 Å². The molecule has 0 radical (unpaired) electrons. The van der Waals surface area contributed by atoms with E-state index in [1.807, 2.05) is 25.1 Å². The van der Waals surface area contributed by atoms with Crippen molar-refractivity contribution in [3.8, 4) is 11.5 Å². The van der Waals surface area contributed by atoms with E-state index in [2.05, 4.69) is 5.10 Å². The number of benzene rings is 2. The van der Waals surface area contributed by atoms with Gasteiger partial charge in [-0.25, -0.2) is 0 Å². The lowest BCUT2D eigenvalue weighted by molar-refractivity contribution is -0.114. The molecule has 0 atom stereocenters. The number of carbonyl (C=O) groups is 1. The van der Waals surface area contributed by atoms with Gasteiger partial charge in [0.05, 0.1) is 17.0 Å². The molecule has 0 unspecified atom stereocenters. The van der Waals surface area contributed by atoms with Gasteiger partial charge in [-0.1, -0.05) is 17.7 Å². The van der Waals surface area contributed by atoms with Crippen molar-refractivity contribution in [1.82, 2.24) is 0 Å². The zero-order valence-electron chi connectivity index (χ0n) is 12.8. The Morgan fingerprint density at radius 3 is 2.67 bits per heavy atom. The fraction of sp³-hybridized carbons (Fsp3) is 0.111. The predicted octanol–water partition coefficient (Wildman–Crippen LogP) is 3.87. The minimum absolute atomic E-state index is 0.174. The first-order chi connectivity index (χ1) is 11.6. The number of anilines is 1. The molecule has 2 aliphatic rings. The Labute approximate surface area is 143 Å². The lowest BCUT2D eigenvalue weighted by Crippen LogP contribution is -2.21. The Morgan fingerprint density at radius 2 is 1.88 bits per heavy atom. The fourth-order valence-corrected chi connectivity index (χ4v) is 2.74. The largest absolute Gasteiger partial charge is 0.454 e. The molecule has 120 valence electrons. The molecule has 2 aromatic rings. The third-order valence-electron chi connectivity index (χ3n) is 3.84. The summed E-state index contributed by atoms with van der Waals surface area (Å²) in [6.07, 6.45) is 1.80. The highest BCUT2D eigenvalue weighted by atomic mass is 35.5. The van der Waals surface area contributed by atoms with Crippen LogP contribution in [0.5, 0.6) is 11.5 Å². The minimum Gasteiger partial charge on any atom is -0.454 e. The molecule has 2 heterocycles. The molecule has 5 nitrogen and oxygen atoms in total. The van der Waals surface area contributed by atoms with Gasteiger partial charge in [0.15, 0.2) is 11.5 Å². The van der Waals surface area contributed by atoms with Gasteiger partial charge in [0, 0.05) is 5.02 Å². The Balaban J connectivity index is 1.66. The average molecular weight is 341 g/mol. The number of rotatable bonds is 2. The maximum Gasteiger partial charge on any atom is 0.280 e. The molecule has 0 fully saturated rings. The second-order valence-corrected chi connectivity index (χ2v) is 5.89. The molecule has 0 aliphatic carbocycles. The highest BCUT2D eigenvalue weighted by molar-refractivity contribution is 6.32. The van der Waals surface area contributed by atoms with Crippen LogP contribution in [0.15, 0.2) is 53.1 Å². The highest BCUT2D eigenvalue weighted by Gasteiger charge is 2.28. The maximum atomic E-state index is 12.7. The smallest absolute Gasteiger partial charge is 0.280 e. The molecule has 4 rings (SSSR count). The summed E-state index contributed by atoms with van der Waals surface area (Å²) in [6.45, 7) is 2.03. The van der Waals surface area contributed by atoms with Crippen LogP contribution in [-0.4, -0.2) is 18.4 Å². The molecule has 0 N–H and O–H groups in total. The Kier molecular flexibility index (Phi) is 3.50. The lowest BCUT2D eigenvalue weighted by atomic mass is 10.1. The molecule has 0 saturated heterocycles. The minimum atomic E-state index is -0.174. The summed E-state index contributed by atoms with van der Waals surface area (Å²) in [5, 5.41) is 6.35. The molecule has 6 heteroatoms. The first kappa shape index (κ1) is 14.8. The normalized spacial score (nSPS) is 17.6. The van der Waals surface area contributed by atoms with Crippen LogP contribution < -0.4 is 14.5 Å². The summed E-state index contributed by atoms with van der Waals surface area (Å²) in [5.41, 5.74) is 2.74. The van der Waals surface area contributed by atoms with Gasteiger partial charge in [-0.15, -0.1) is 0 Å². The number of hydrazone groups is 1. The van der Waals surface area contributed by atoms with E-state index in [1.54, 1.807) is 30.3 Å². The number of ether oxygens (including phenoxy) is 2. The summed E-state index contributed by atoms with van der Waals surface area (Å²) >= 11 is 5.89. The maximum absolute atomic E-state index is 12.7. The van der Waals surface area contributed by atoms with Crippen LogP contribution in [-0.2, 0) is 4.79 Å². The van der Waals surface area contributed by atoms with Crippen molar-refractivity contribution in [3.05, 3.63) is 58.6 Å². The van der Waals surface area contributed by atoms with Gasteiger partial charge in [-0.3, -0.25) is 4.79 Å². The van der Waals surface area contributed by atoms with Gasteiger partial charge < -0.3 is 9.47 Å². The zero-order chi connectivity index (χ0) is 16.7. The van der Waals surface area contributed by atoms with Crippen LogP contribution in [0.2, 0.25) is 5.02 Å². The van der Waals surface area contributed by atoms with Gasteiger partial charge >= 0.3 is 0 Å². The molecule has 2 aliphatic heterocycles. The Morgan fingerprint density at radius 1 is 1.12 bits per heavy atom. The molecule has 2 aromatic carbocycles. The quantitative estimate of drug-likeness (QED) is 0.780. The van der Waals surface area contributed by atoms with Crippen LogP contribution in [0.25, 0.3) is 6.08 Å². The molecule has 0 spiro atoms. The van der Waals surface area contributed by atoms with E-state index < -0.39 is 0 Å². The average Bonchev–Trinajstić information content (AvgIpc) is 3.15. The van der Waals surface area contributed by atoms with Crippen LogP contribution in [0.3, 0.4) is 0 Å². The summed E-state index contributed by atoms with van der Waals surface area (Å²) in [6, 6.07) is 12.6. The van der Waals surface area contributed by atoms with E-state index in [4.69, 9.17) is 21.1 Å². The number of amides is 1. The molecular formula is C18H13ClN2O3. The van der Waals surface area contributed by atoms with Crippen molar-refractivity contribution in [2.45, 2.75) is 6.92 Å². The van der Waals surface area contributed by atoms with Gasteiger partial charge in [0.1, 0.15) is 0 Å². The molecular weight excluding hydrogens is 328 g/mol. The van der Waals surface area contributed by atoms with E-state index >= 15 is 0 Å². The number of hydrogen-bond donors (Lipinski definition) is 0. The lowest BCUT2D eigenvalue weighted by Gasteiger charge is -2.11. The number of fused-ring (bicyclic) bond motifs is 1. The van der Waals surface area contributed by atoms with Crippen molar-refractivity contribution in [3.63, 3.8) is 0 Å². The van der Waals surface area contributed by atoms with Crippen molar-refractivity contribution in [2.24, 2.45) is 5.10 Å². The van der Waals surface area contributed by atoms with E-state index in [9.17, 15) is 4.79 Å². The summed E-state index contributed by atoms with van der Waals surface area (Å²) in [7, 11) is 0. The van der Waals surface area contributed by atoms with Crippen LogP contribution in [0, 0.1) is 0 Å². The van der Waals surface area contributed by atoms with Crippen molar-refractivity contribution in [2.75, 3.05) is 11.8 Å². The third-order valence-corrected chi connectivity index (χ3v) is 4.09. The molecule has 0 bridgehead atoms. The van der Waals surface area contributed by atoms with E-state index in [0.717, 1.165) is 5.56 Å². The number of hydrogen-bond acceptors (Lipinski definition) is 4. The first-order valence-corrected chi connectivity index (χ1v) is 7.76.